The fraction of sp³-hybridized carbons (Fsp3) is 0.600. The molecule has 2 heterocycles. The van der Waals surface area contributed by atoms with Crippen LogP contribution in [-0.4, -0.2) is 76.3 Å². The maximum Gasteiger partial charge on any atom is 0.401 e. The third kappa shape index (κ3) is 8.45. The SMILES string of the molecule is CN=C(NCCNS(=O)(=O)c1cccnc1)NC1CCN(CC(F)(F)F)C1.I. The smallest absolute Gasteiger partial charge is 0.355 e. The molecule has 2 rings (SSSR count). The zero-order valence-corrected chi connectivity index (χ0v) is 18.4. The summed E-state index contributed by atoms with van der Waals surface area (Å²) in [6.45, 7) is 0.0845. The van der Waals surface area contributed by atoms with Crippen LogP contribution in [0.1, 0.15) is 6.42 Å². The minimum atomic E-state index is -4.21. The number of aliphatic imine (C=N–C) groups is 1. The average molecular weight is 536 g/mol. The van der Waals surface area contributed by atoms with Crippen molar-refractivity contribution in [3.05, 3.63) is 24.5 Å². The molecule has 160 valence electrons. The molecular weight excluding hydrogens is 512 g/mol. The number of likely N-dealkylation sites (tertiary alicyclic amines) is 1. The zero-order valence-electron chi connectivity index (χ0n) is 15.2. The summed E-state index contributed by atoms with van der Waals surface area (Å²) in [4.78, 5) is 9.19. The molecule has 0 saturated carbocycles. The van der Waals surface area contributed by atoms with Gasteiger partial charge in [-0.1, -0.05) is 0 Å². The van der Waals surface area contributed by atoms with Gasteiger partial charge in [0.05, 0.1) is 6.54 Å². The second kappa shape index (κ2) is 11.1. The van der Waals surface area contributed by atoms with E-state index in [9.17, 15) is 21.6 Å². The third-order valence-electron chi connectivity index (χ3n) is 3.89. The summed E-state index contributed by atoms with van der Waals surface area (Å²) in [5, 5.41) is 5.99. The standard InChI is InChI=1S/C15H23F3N6O2S.HI/c1-19-14(23-12-4-8-24(10-12)11-15(16,17)18)21-6-7-22-27(25,26)13-3-2-5-20-9-13;/h2-3,5,9,12,22H,4,6-8,10-11H2,1H3,(H2,19,21,23);1H. The highest BCUT2D eigenvalue weighted by molar-refractivity contribution is 14.0. The normalized spacial score (nSPS) is 18.6. The minimum Gasteiger partial charge on any atom is -0.355 e. The molecule has 1 atom stereocenters. The molecule has 0 amide bonds. The summed E-state index contributed by atoms with van der Waals surface area (Å²) in [7, 11) is -2.10. The van der Waals surface area contributed by atoms with E-state index in [1.165, 1.54) is 36.5 Å². The van der Waals surface area contributed by atoms with Crippen molar-refractivity contribution < 1.29 is 21.6 Å². The summed E-state index contributed by atoms with van der Waals surface area (Å²) in [5.41, 5.74) is 0. The molecule has 0 bridgehead atoms. The Morgan fingerprint density at radius 1 is 1.39 bits per heavy atom. The Morgan fingerprint density at radius 3 is 2.75 bits per heavy atom. The lowest BCUT2D eigenvalue weighted by atomic mass is 10.3. The van der Waals surface area contributed by atoms with Crippen LogP contribution in [0.4, 0.5) is 13.2 Å². The van der Waals surface area contributed by atoms with Crippen molar-refractivity contribution in [1.29, 1.82) is 0 Å². The summed E-state index contributed by atoms with van der Waals surface area (Å²) in [5.74, 6) is 0.412. The molecule has 1 fully saturated rings. The molecule has 1 aliphatic rings. The number of pyridine rings is 1. The Hall–Kier alpha value is -1.19. The van der Waals surface area contributed by atoms with Crippen molar-refractivity contribution in [3.63, 3.8) is 0 Å². The molecule has 1 aromatic rings. The van der Waals surface area contributed by atoms with E-state index in [0.717, 1.165) is 0 Å². The third-order valence-corrected chi connectivity index (χ3v) is 5.34. The van der Waals surface area contributed by atoms with Crippen LogP contribution < -0.4 is 15.4 Å². The Kier molecular flexibility index (Phi) is 9.86. The van der Waals surface area contributed by atoms with E-state index in [4.69, 9.17) is 0 Å². The average Bonchev–Trinajstić information content (AvgIpc) is 3.03. The number of nitrogens with zero attached hydrogens (tertiary/aromatic N) is 3. The molecule has 8 nitrogen and oxygen atoms in total. The number of nitrogens with one attached hydrogen (secondary N) is 3. The largest absolute Gasteiger partial charge is 0.401 e. The molecule has 1 saturated heterocycles. The van der Waals surface area contributed by atoms with Crippen LogP contribution in [0.2, 0.25) is 0 Å². The number of aromatic nitrogens is 1. The number of alkyl halides is 3. The predicted molar refractivity (Wildman–Crippen MR) is 110 cm³/mol. The number of guanidine groups is 1. The molecule has 1 aromatic heterocycles. The summed E-state index contributed by atoms with van der Waals surface area (Å²) >= 11 is 0. The van der Waals surface area contributed by atoms with E-state index in [2.05, 4.69) is 25.3 Å². The van der Waals surface area contributed by atoms with Crippen LogP contribution in [0.15, 0.2) is 34.4 Å². The number of hydrogen-bond donors (Lipinski definition) is 3. The molecule has 13 heteroatoms. The van der Waals surface area contributed by atoms with Gasteiger partial charge in [-0.3, -0.25) is 14.9 Å². The molecule has 1 aliphatic heterocycles. The zero-order chi connectivity index (χ0) is 19.9. The first-order valence-corrected chi connectivity index (χ1v) is 9.84. The summed E-state index contributed by atoms with van der Waals surface area (Å²) in [6, 6.07) is 2.82. The van der Waals surface area contributed by atoms with Crippen LogP contribution in [0, 0.1) is 0 Å². The van der Waals surface area contributed by atoms with E-state index in [0.29, 0.717) is 18.9 Å². The van der Waals surface area contributed by atoms with Gasteiger partial charge in [0.2, 0.25) is 10.0 Å². The Bertz CT molecular complexity index is 733. The van der Waals surface area contributed by atoms with Crippen molar-refractivity contribution in [3.8, 4) is 0 Å². The van der Waals surface area contributed by atoms with Crippen molar-refractivity contribution in [1.82, 2.24) is 25.2 Å². The first-order chi connectivity index (χ1) is 12.7. The molecular formula is C15H24F3IN6O2S. The van der Waals surface area contributed by atoms with Gasteiger partial charge in [-0.15, -0.1) is 24.0 Å². The van der Waals surface area contributed by atoms with Crippen molar-refractivity contribution in [2.45, 2.75) is 23.5 Å². The first-order valence-electron chi connectivity index (χ1n) is 8.35. The second-order valence-corrected chi connectivity index (χ2v) is 7.83. The van der Waals surface area contributed by atoms with Crippen LogP contribution in [0.3, 0.4) is 0 Å². The van der Waals surface area contributed by atoms with Gasteiger partial charge >= 0.3 is 6.18 Å². The van der Waals surface area contributed by atoms with E-state index in [1.54, 1.807) is 0 Å². The van der Waals surface area contributed by atoms with Gasteiger partial charge in [0, 0.05) is 51.7 Å². The lowest BCUT2D eigenvalue weighted by Gasteiger charge is -2.19. The van der Waals surface area contributed by atoms with Crippen LogP contribution in [0.5, 0.6) is 0 Å². The monoisotopic (exact) mass is 536 g/mol. The maximum atomic E-state index is 12.4. The quantitative estimate of drug-likeness (QED) is 0.206. The van der Waals surface area contributed by atoms with Gasteiger partial charge in [-0.2, -0.15) is 13.2 Å². The lowest BCUT2D eigenvalue weighted by molar-refractivity contribution is -0.143. The van der Waals surface area contributed by atoms with Crippen LogP contribution in [0.25, 0.3) is 0 Å². The molecule has 0 aromatic carbocycles. The van der Waals surface area contributed by atoms with Gasteiger partial charge < -0.3 is 10.6 Å². The summed E-state index contributed by atoms with van der Waals surface area (Å²) in [6.07, 6.45) is -0.900. The first kappa shape index (κ1) is 24.8. The highest BCUT2D eigenvalue weighted by Gasteiger charge is 2.34. The molecule has 1 unspecified atom stereocenters. The predicted octanol–water partition coefficient (Wildman–Crippen LogP) is 0.779. The number of rotatable bonds is 7. The molecule has 0 spiro atoms. The minimum absolute atomic E-state index is 0. The van der Waals surface area contributed by atoms with Gasteiger partial charge in [0.15, 0.2) is 5.96 Å². The molecule has 0 radical (unpaired) electrons. The maximum absolute atomic E-state index is 12.4. The van der Waals surface area contributed by atoms with E-state index >= 15 is 0 Å². The van der Waals surface area contributed by atoms with Crippen LogP contribution in [-0.2, 0) is 10.0 Å². The van der Waals surface area contributed by atoms with E-state index < -0.39 is 22.7 Å². The van der Waals surface area contributed by atoms with Gasteiger partial charge in [0.1, 0.15) is 4.90 Å². The van der Waals surface area contributed by atoms with Crippen molar-refractivity contribution >= 4 is 40.0 Å². The summed E-state index contributed by atoms with van der Waals surface area (Å²) < 4.78 is 63.8. The fourth-order valence-electron chi connectivity index (χ4n) is 2.69. The Morgan fingerprint density at radius 2 is 2.14 bits per heavy atom. The van der Waals surface area contributed by atoms with Gasteiger partial charge in [-0.05, 0) is 18.6 Å². The fourth-order valence-corrected chi connectivity index (χ4v) is 3.69. The Labute approximate surface area is 179 Å². The molecule has 3 N–H and O–H groups in total. The van der Waals surface area contributed by atoms with Gasteiger partial charge in [-0.25, -0.2) is 13.1 Å². The van der Waals surface area contributed by atoms with E-state index in [1.807, 2.05) is 0 Å². The highest BCUT2D eigenvalue weighted by atomic mass is 127. The van der Waals surface area contributed by atoms with Crippen LogP contribution >= 0.6 is 24.0 Å². The van der Waals surface area contributed by atoms with E-state index in [-0.39, 0.29) is 54.5 Å². The number of halogens is 4. The van der Waals surface area contributed by atoms with Crippen molar-refractivity contribution in [2.75, 3.05) is 39.8 Å². The van der Waals surface area contributed by atoms with Crippen molar-refractivity contribution in [2.24, 2.45) is 4.99 Å². The highest BCUT2D eigenvalue weighted by Crippen LogP contribution is 2.19. The molecule has 0 aliphatic carbocycles. The lowest BCUT2D eigenvalue weighted by Crippen LogP contribution is -2.47. The number of hydrogen-bond acceptors (Lipinski definition) is 5. The number of sulfonamides is 1. The van der Waals surface area contributed by atoms with Gasteiger partial charge in [0.25, 0.3) is 0 Å². The topological polar surface area (TPSA) is 98.7 Å². The second-order valence-electron chi connectivity index (χ2n) is 6.07. The molecule has 28 heavy (non-hydrogen) atoms. The Balaban J connectivity index is 0.00000392.